The molecule has 0 aliphatic carbocycles. The molecule has 62 valence electrons. The molecule has 1 N–H and O–H groups in total. The van der Waals surface area contributed by atoms with E-state index in [0.717, 1.165) is 25.1 Å². The zero-order valence-electron chi connectivity index (χ0n) is 6.72. The van der Waals surface area contributed by atoms with E-state index in [4.69, 9.17) is 4.74 Å². The summed E-state index contributed by atoms with van der Waals surface area (Å²) in [6.07, 6.45) is 3.63. The topological polar surface area (TPSA) is 38.3 Å². The van der Waals surface area contributed by atoms with Crippen molar-refractivity contribution in [3.05, 3.63) is 11.8 Å². The fraction of sp³-hybridized carbons (Fsp3) is 0.625. The summed E-state index contributed by atoms with van der Waals surface area (Å²) in [5.41, 5.74) is 1.00. The van der Waals surface area contributed by atoms with Crippen LogP contribution in [-0.2, 0) is 9.53 Å². The summed E-state index contributed by atoms with van der Waals surface area (Å²) in [6.45, 7) is 3.23. The second kappa shape index (κ2) is 4.01. The lowest BCUT2D eigenvalue weighted by atomic mass is 10.3. The molecule has 1 heterocycles. The number of ether oxygens (including phenoxy) is 1. The third kappa shape index (κ3) is 2.62. The van der Waals surface area contributed by atoms with Crippen molar-refractivity contribution < 1.29 is 9.53 Å². The largest absolute Gasteiger partial charge is 0.463 e. The third-order valence-electron chi connectivity index (χ3n) is 1.55. The number of nitrogens with one attached hydrogen (secondary N) is 1. The third-order valence-corrected chi connectivity index (χ3v) is 1.55. The van der Waals surface area contributed by atoms with E-state index in [1.54, 1.807) is 6.92 Å². The molecule has 0 aromatic rings. The first-order valence-electron chi connectivity index (χ1n) is 3.94. The highest BCUT2D eigenvalue weighted by molar-refractivity contribution is 5.82. The molecule has 0 amide bonds. The predicted octanol–water partition coefficient (Wildman–Crippen LogP) is 0.817. The van der Waals surface area contributed by atoms with Crippen molar-refractivity contribution in [1.29, 1.82) is 0 Å². The van der Waals surface area contributed by atoms with E-state index < -0.39 is 0 Å². The number of allylic oxidation sites excluding steroid dienone is 1. The van der Waals surface area contributed by atoms with Crippen LogP contribution in [0.3, 0.4) is 0 Å². The van der Waals surface area contributed by atoms with Crippen LogP contribution in [0.5, 0.6) is 0 Å². The number of carbonyl (C=O) groups excluding carboxylic acids is 1. The lowest BCUT2D eigenvalue weighted by molar-refractivity contribution is -0.137. The molecule has 1 rings (SSSR count). The molecule has 0 spiro atoms. The molecule has 11 heavy (non-hydrogen) atoms. The van der Waals surface area contributed by atoms with Crippen LogP contribution >= 0.6 is 0 Å². The van der Waals surface area contributed by atoms with Crippen LogP contribution in [0, 0.1) is 0 Å². The molecule has 0 atom stereocenters. The van der Waals surface area contributed by atoms with E-state index in [-0.39, 0.29) is 5.97 Å². The van der Waals surface area contributed by atoms with Gasteiger partial charge in [-0.05, 0) is 19.8 Å². The van der Waals surface area contributed by atoms with Gasteiger partial charge in [0.05, 0.1) is 6.61 Å². The first kappa shape index (κ1) is 8.11. The van der Waals surface area contributed by atoms with Gasteiger partial charge in [0.15, 0.2) is 0 Å². The van der Waals surface area contributed by atoms with Gasteiger partial charge in [-0.2, -0.15) is 0 Å². The van der Waals surface area contributed by atoms with Crippen LogP contribution in [-0.4, -0.2) is 19.1 Å². The summed E-state index contributed by atoms with van der Waals surface area (Å²) in [4.78, 5) is 10.9. The van der Waals surface area contributed by atoms with Gasteiger partial charge in [-0.15, -0.1) is 0 Å². The summed E-state index contributed by atoms with van der Waals surface area (Å²) >= 11 is 0. The second-order valence-electron chi connectivity index (χ2n) is 2.45. The molecule has 0 aromatic carbocycles. The molecular formula is C8H13NO2. The maximum absolute atomic E-state index is 10.9. The minimum atomic E-state index is -0.239. The number of carbonyl (C=O) groups is 1. The van der Waals surface area contributed by atoms with Crippen LogP contribution in [0.2, 0.25) is 0 Å². The van der Waals surface area contributed by atoms with E-state index in [1.807, 2.05) is 0 Å². The Balaban J connectivity index is 2.36. The Morgan fingerprint density at radius 3 is 3.18 bits per heavy atom. The Hall–Kier alpha value is -0.990. The average Bonchev–Trinajstić information content (AvgIpc) is 2.40. The van der Waals surface area contributed by atoms with Gasteiger partial charge in [0, 0.05) is 18.3 Å². The molecule has 1 aliphatic heterocycles. The van der Waals surface area contributed by atoms with Crippen LogP contribution in [0.15, 0.2) is 11.8 Å². The van der Waals surface area contributed by atoms with E-state index in [2.05, 4.69) is 5.32 Å². The van der Waals surface area contributed by atoms with Crippen molar-refractivity contribution in [2.45, 2.75) is 19.8 Å². The fourth-order valence-corrected chi connectivity index (χ4v) is 1.07. The smallest absolute Gasteiger partial charge is 0.332 e. The van der Waals surface area contributed by atoms with Crippen molar-refractivity contribution in [3.63, 3.8) is 0 Å². The Morgan fingerprint density at radius 1 is 1.82 bits per heavy atom. The van der Waals surface area contributed by atoms with Gasteiger partial charge in [0.2, 0.25) is 0 Å². The van der Waals surface area contributed by atoms with Gasteiger partial charge in [-0.3, -0.25) is 0 Å². The lowest BCUT2D eigenvalue weighted by Crippen LogP contribution is -2.07. The summed E-state index contributed by atoms with van der Waals surface area (Å²) in [7, 11) is 0. The van der Waals surface area contributed by atoms with Crippen molar-refractivity contribution >= 4 is 5.97 Å². The molecule has 3 heteroatoms. The highest BCUT2D eigenvalue weighted by Gasteiger charge is 2.06. The van der Waals surface area contributed by atoms with Crippen LogP contribution in [0.1, 0.15) is 19.8 Å². The van der Waals surface area contributed by atoms with Gasteiger partial charge >= 0.3 is 5.97 Å². The van der Waals surface area contributed by atoms with Crippen molar-refractivity contribution in [2.75, 3.05) is 13.2 Å². The maximum atomic E-state index is 10.9. The molecule has 0 bridgehead atoms. The van der Waals surface area contributed by atoms with Crippen molar-refractivity contribution in [2.24, 2.45) is 0 Å². The summed E-state index contributed by atoms with van der Waals surface area (Å²) in [5.74, 6) is -0.239. The van der Waals surface area contributed by atoms with Crippen LogP contribution in [0.25, 0.3) is 0 Å². The first-order valence-corrected chi connectivity index (χ1v) is 3.94. The van der Waals surface area contributed by atoms with Gasteiger partial charge in [0.1, 0.15) is 0 Å². The highest BCUT2D eigenvalue weighted by atomic mass is 16.5. The normalized spacial score (nSPS) is 19.9. The Morgan fingerprint density at radius 2 is 2.64 bits per heavy atom. The minimum Gasteiger partial charge on any atom is -0.463 e. The monoisotopic (exact) mass is 155 g/mol. The summed E-state index contributed by atoms with van der Waals surface area (Å²) in [5, 5.41) is 3.11. The van der Waals surface area contributed by atoms with E-state index >= 15 is 0 Å². The minimum absolute atomic E-state index is 0.239. The van der Waals surface area contributed by atoms with E-state index in [9.17, 15) is 4.79 Å². The number of hydrogen-bond donors (Lipinski definition) is 1. The van der Waals surface area contributed by atoms with Crippen molar-refractivity contribution in [3.8, 4) is 0 Å². The predicted molar refractivity (Wildman–Crippen MR) is 42.0 cm³/mol. The van der Waals surface area contributed by atoms with Gasteiger partial charge in [0.25, 0.3) is 0 Å². The number of esters is 1. The molecule has 0 aromatic heterocycles. The van der Waals surface area contributed by atoms with E-state index in [0.29, 0.717) is 6.61 Å². The molecular weight excluding hydrogens is 142 g/mol. The molecule has 1 aliphatic rings. The second-order valence-corrected chi connectivity index (χ2v) is 2.45. The Kier molecular flexibility index (Phi) is 2.95. The number of hydrogen-bond acceptors (Lipinski definition) is 3. The van der Waals surface area contributed by atoms with E-state index in [1.165, 1.54) is 6.08 Å². The molecule has 3 nitrogen and oxygen atoms in total. The van der Waals surface area contributed by atoms with Crippen molar-refractivity contribution in [1.82, 2.24) is 5.32 Å². The molecule has 1 fully saturated rings. The van der Waals surface area contributed by atoms with Crippen LogP contribution in [0.4, 0.5) is 0 Å². The SMILES string of the molecule is CCOC(=O)/C=C1\CCCN1. The molecule has 0 radical (unpaired) electrons. The highest BCUT2D eigenvalue weighted by Crippen LogP contribution is 2.07. The first-order chi connectivity index (χ1) is 5.33. The quantitative estimate of drug-likeness (QED) is 0.474. The zero-order chi connectivity index (χ0) is 8.10. The Labute approximate surface area is 66.4 Å². The van der Waals surface area contributed by atoms with Gasteiger partial charge in [-0.1, -0.05) is 0 Å². The average molecular weight is 155 g/mol. The zero-order valence-corrected chi connectivity index (χ0v) is 6.72. The van der Waals surface area contributed by atoms with Crippen LogP contribution < -0.4 is 5.32 Å². The number of rotatable bonds is 2. The Bertz CT molecular complexity index is 167. The lowest BCUT2D eigenvalue weighted by Gasteiger charge is -1.98. The molecule has 0 saturated carbocycles. The maximum Gasteiger partial charge on any atom is 0.332 e. The summed E-state index contributed by atoms with van der Waals surface area (Å²) < 4.78 is 4.75. The van der Waals surface area contributed by atoms with Gasteiger partial charge in [-0.25, -0.2) is 4.79 Å². The molecule has 1 saturated heterocycles. The fourth-order valence-electron chi connectivity index (χ4n) is 1.07. The summed E-state index contributed by atoms with van der Waals surface area (Å²) in [6, 6.07) is 0. The van der Waals surface area contributed by atoms with Gasteiger partial charge < -0.3 is 10.1 Å². The molecule has 0 unspecified atom stereocenters. The standard InChI is InChI=1S/C8H13NO2/c1-2-11-8(10)6-7-4-3-5-9-7/h6,9H,2-5H2,1H3/b7-6+.